The van der Waals surface area contributed by atoms with Crippen molar-refractivity contribution in [2.24, 2.45) is 0 Å². The van der Waals surface area contributed by atoms with Crippen LogP contribution in [0.25, 0.3) is 0 Å². The Kier molecular flexibility index (Phi) is 4.58. The summed E-state index contributed by atoms with van der Waals surface area (Å²) in [6.07, 6.45) is 0.399. The van der Waals surface area contributed by atoms with Gasteiger partial charge in [-0.2, -0.15) is 0 Å². The molecule has 2 aromatic carbocycles. The number of amides is 1. The Morgan fingerprint density at radius 2 is 1.86 bits per heavy atom. The van der Waals surface area contributed by atoms with Crippen LogP contribution in [-0.4, -0.2) is 25.3 Å². The molecule has 5 nitrogen and oxygen atoms in total. The van der Waals surface area contributed by atoms with Gasteiger partial charge in [0.1, 0.15) is 5.75 Å². The van der Waals surface area contributed by atoms with Gasteiger partial charge in [0, 0.05) is 22.4 Å². The normalized spacial score (nSPS) is 26.4. The fourth-order valence-electron chi connectivity index (χ4n) is 4.12. The van der Waals surface area contributed by atoms with Crippen LogP contribution in [0.4, 0.5) is 0 Å². The number of benzene rings is 2. The third-order valence-electron chi connectivity index (χ3n) is 5.54. The molecule has 0 unspecified atom stereocenters. The molecule has 3 atom stereocenters. The van der Waals surface area contributed by atoms with Crippen molar-refractivity contribution in [2.75, 3.05) is 0 Å². The summed E-state index contributed by atoms with van der Waals surface area (Å²) in [7, 11) is -3.87. The largest absolute Gasteiger partial charge is 0.468 e. The molecule has 0 spiro atoms. The highest BCUT2D eigenvalue weighted by molar-refractivity contribution is 9.10. The molecule has 0 aliphatic carbocycles. The maximum atomic E-state index is 13.5. The minimum absolute atomic E-state index is 0.170. The molecule has 1 N–H and O–H groups in total. The number of hydrogen-bond donors (Lipinski definition) is 1. The van der Waals surface area contributed by atoms with E-state index >= 15 is 0 Å². The SMILES string of the molecule is CC(C)c1ccc(S(=O)(=O)[C@H]2C(=O)N[C@@]3(C)C[C@H]2c2cc(Br)ccc2O3)cc1. The minimum atomic E-state index is -3.87. The van der Waals surface area contributed by atoms with Crippen molar-refractivity contribution in [3.8, 4) is 5.75 Å². The average molecular weight is 464 g/mol. The van der Waals surface area contributed by atoms with E-state index in [2.05, 4.69) is 35.1 Å². The first-order valence-electron chi connectivity index (χ1n) is 9.25. The van der Waals surface area contributed by atoms with Crippen molar-refractivity contribution in [1.29, 1.82) is 0 Å². The zero-order valence-electron chi connectivity index (χ0n) is 15.9. The Morgan fingerprint density at radius 1 is 1.18 bits per heavy atom. The molecule has 1 amide bonds. The van der Waals surface area contributed by atoms with Gasteiger partial charge in [-0.05, 0) is 48.7 Å². The Morgan fingerprint density at radius 3 is 2.50 bits per heavy atom. The van der Waals surface area contributed by atoms with Crippen LogP contribution in [0.15, 0.2) is 51.8 Å². The van der Waals surface area contributed by atoms with Gasteiger partial charge in [-0.1, -0.05) is 41.9 Å². The summed E-state index contributed by atoms with van der Waals surface area (Å²) in [5.74, 6) is -0.0837. The average Bonchev–Trinajstić information content (AvgIpc) is 2.61. The van der Waals surface area contributed by atoms with E-state index in [9.17, 15) is 13.2 Å². The minimum Gasteiger partial charge on any atom is -0.468 e. The second kappa shape index (κ2) is 6.59. The van der Waals surface area contributed by atoms with Crippen LogP contribution < -0.4 is 10.1 Å². The molecule has 0 aromatic heterocycles. The first-order valence-corrected chi connectivity index (χ1v) is 11.6. The van der Waals surface area contributed by atoms with Gasteiger partial charge in [-0.3, -0.25) is 4.79 Å². The lowest BCUT2D eigenvalue weighted by Gasteiger charge is -2.46. The van der Waals surface area contributed by atoms with Gasteiger partial charge in [0.15, 0.2) is 20.8 Å². The lowest BCUT2D eigenvalue weighted by atomic mass is 9.81. The van der Waals surface area contributed by atoms with Crippen LogP contribution in [0, 0.1) is 0 Å². The van der Waals surface area contributed by atoms with E-state index < -0.39 is 32.6 Å². The van der Waals surface area contributed by atoms with E-state index in [1.165, 1.54) is 0 Å². The molecule has 4 rings (SSSR count). The first-order chi connectivity index (χ1) is 13.1. The van der Waals surface area contributed by atoms with Gasteiger partial charge < -0.3 is 10.1 Å². The van der Waals surface area contributed by atoms with Gasteiger partial charge in [-0.15, -0.1) is 0 Å². The Labute approximate surface area is 173 Å². The number of carbonyl (C=O) groups excluding carboxylic acids is 1. The highest BCUT2D eigenvalue weighted by Gasteiger charge is 2.54. The summed E-state index contributed by atoms with van der Waals surface area (Å²) in [6, 6.07) is 12.3. The second-order valence-electron chi connectivity index (χ2n) is 8.00. The van der Waals surface area contributed by atoms with Gasteiger partial charge in [0.25, 0.3) is 0 Å². The Balaban J connectivity index is 1.81. The van der Waals surface area contributed by atoms with Crippen molar-refractivity contribution < 1.29 is 17.9 Å². The molecule has 0 saturated carbocycles. The fraction of sp³-hybridized carbons (Fsp3) is 0.381. The van der Waals surface area contributed by atoms with Crippen LogP contribution in [0.1, 0.15) is 50.2 Å². The smallest absolute Gasteiger partial charge is 0.242 e. The molecule has 1 saturated heterocycles. The standard InChI is InChI=1S/C21H22BrNO4S/c1-12(2)13-4-7-15(8-5-13)28(25,26)19-17-11-21(3,23-20(19)24)27-18-9-6-14(22)10-16(17)18/h4-10,12,17,19H,11H2,1-3H3,(H,23,24)/t17-,19+,21+/m0/s1. The number of ether oxygens (including phenoxy) is 1. The summed E-state index contributed by atoms with van der Waals surface area (Å²) in [6.45, 7) is 5.88. The van der Waals surface area contributed by atoms with Crippen LogP contribution in [0.2, 0.25) is 0 Å². The molecule has 2 aliphatic rings. The summed E-state index contributed by atoms with van der Waals surface area (Å²) >= 11 is 3.44. The molecule has 7 heteroatoms. The van der Waals surface area contributed by atoms with Crippen LogP contribution in [0.5, 0.6) is 5.75 Å². The third-order valence-corrected chi connectivity index (χ3v) is 8.17. The number of nitrogens with one attached hydrogen (secondary N) is 1. The lowest BCUT2D eigenvalue weighted by Crippen LogP contribution is -2.63. The number of carbonyl (C=O) groups is 1. The molecule has 148 valence electrons. The Bertz CT molecular complexity index is 1050. The second-order valence-corrected chi connectivity index (χ2v) is 11.0. The molecule has 0 radical (unpaired) electrons. The van der Waals surface area contributed by atoms with Crippen LogP contribution >= 0.6 is 15.9 Å². The zero-order valence-corrected chi connectivity index (χ0v) is 18.3. The molecule has 2 heterocycles. The lowest BCUT2D eigenvalue weighted by molar-refractivity contribution is -0.132. The van der Waals surface area contributed by atoms with Gasteiger partial charge in [0.05, 0.1) is 4.90 Å². The fourth-order valence-corrected chi connectivity index (χ4v) is 6.33. The quantitative estimate of drug-likeness (QED) is 0.742. The molecule has 1 fully saturated rings. The predicted octanol–water partition coefficient (Wildman–Crippen LogP) is 4.13. The van der Waals surface area contributed by atoms with E-state index in [-0.39, 0.29) is 4.90 Å². The van der Waals surface area contributed by atoms with Crippen molar-refractivity contribution in [1.82, 2.24) is 5.32 Å². The molecule has 2 aromatic rings. The molecule has 28 heavy (non-hydrogen) atoms. The van der Waals surface area contributed by atoms with E-state index in [4.69, 9.17) is 4.74 Å². The maximum absolute atomic E-state index is 13.5. The highest BCUT2D eigenvalue weighted by atomic mass is 79.9. The molecule has 2 bridgehead atoms. The number of fused-ring (bicyclic) bond motifs is 4. The number of rotatable bonds is 3. The van der Waals surface area contributed by atoms with Crippen molar-refractivity contribution >= 4 is 31.7 Å². The molecular weight excluding hydrogens is 442 g/mol. The monoisotopic (exact) mass is 463 g/mol. The van der Waals surface area contributed by atoms with Crippen molar-refractivity contribution in [3.05, 3.63) is 58.1 Å². The zero-order chi connectivity index (χ0) is 20.3. The van der Waals surface area contributed by atoms with Crippen molar-refractivity contribution in [3.63, 3.8) is 0 Å². The van der Waals surface area contributed by atoms with Gasteiger partial charge in [-0.25, -0.2) is 8.42 Å². The first kappa shape index (κ1) is 19.5. The maximum Gasteiger partial charge on any atom is 0.242 e. The summed E-state index contributed by atoms with van der Waals surface area (Å²) in [4.78, 5) is 13.1. The number of halogens is 1. The van der Waals surface area contributed by atoms with Gasteiger partial charge in [0.2, 0.25) is 5.91 Å². The number of hydrogen-bond acceptors (Lipinski definition) is 4. The molecular formula is C21H22BrNO4S. The number of sulfone groups is 1. The summed E-state index contributed by atoms with van der Waals surface area (Å²) in [5.41, 5.74) is 0.893. The summed E-state index contributed by atoms with van der Waals surface area (Å²) in [5, 5.41) is 1.59. The van der Waals surface area contributed by atoms with E-state index in [0.717, 1.165) is 15.6 Å². The molecule has 2 aliphatic heterocycles. The van der Waals surface area contributed by atoms with Crippen LogP contribution in [0.3, 0.4) is 0 Å². The van der Waals surface area contributed by atoms with E-state index in [0.29, 0.717) is 18.1 Å². The Hall–Kier alpha value is -1.86. The van der Waals surface area contributed by atoms with E-state index in [1.807, 2.05) is 30.3 Å². The third kappa shape index (κ3) is 3.14. The summed E-state index contributed by atoms with van der Waals surface area (Å²) < 4.78 is 33.7. The van der Waals surface area contributed by atoms with Crippen LogP contribution in [-0.2, 0) is 14.6 Å². The van der Waals surface area contributed by atoms with E-state index in [1.54, 1.807) is 19.1 Å². The predicted molar refractivity (Wildman–Crippen MR) is 110 cm³/mol. The number of piperidine rings is 1. The highest BCUT2D eigenvalue weighted by Crippen LogP contribution is 2.47. The topological polar surface area (TPSA) is 72.5 Å². The van der Waals surface area contributed by atoms with Crippen molar-refractivity contribution in [2.45, 2.75) is 54.9 Å². The van der Waals surface area contributed by atoms with Gasteiger partial charge >= 0.3 is 0 Å².